The Bertz CT molecular complexity index is 512. The number of hydrogen-bond acceptors (Lipinski definition) is 1. The van der Waals surface area contributed by atoms with E-state index in [1.54, 1.807) is 20.8 Å². The predicted molar refractivity (Wildman–Crippen MR) is 75.4 cm³/mol. The van der Waals surface area contributed by atoms with Crippen LogP contribution in [0, 0.1) is 5.82 Å². The summed E-state index contributed by atoms with van der Waals surface area (Å²) in [7, 11) is -1.57. The van der Waals surface area contributed by atoms with Crippen LogP contribution in [0.15, 0.2) is 18.2 Å². The van der Waals surface area contributed by atoms with Gasteiger partial charge in [0.1, 0.15) is 5.82 Å². The van der Waals surface area contributed by atoms with Crippen molar-refractivity contribution >= 4 is 11.0 Å². The SMILES string of the molecule is C[C@H](CC(C)(C)S(N)=O)c1cccc(C(C)(F)F)c1F. The summed E-state index contributed by atoms with van der Waals surface area (Å²) in [5, 5.41) is 5.39. The van der Waals surface area contributed by atoms with Crippen LogP contribution in [0.4, 0.5) is 13.2 Å². The molecule has 0 aromatic heterocycles. The maximum absolute atomic E-state index is 14.2. The second-order valence-corrected chi connectivity index (χ2v) is 7.46. The third-order valence-electron chi connectivity index (χ3n) is 3.37. The summed E-state index contributed by atoms with van der Waals surface area (Å²) in [6.07, 6.45) is 0.339. The molecule has 6 heteroatoms. The van der Waals surface area contributed by atoms with Gasteiger partial charge in [-0.15, -0.1) is 0 Å². The van der Waals surface area contributed by atoms with Gasteiger partial charge in [0.05, 0.1) is 21.3 Å². The first-order chi connectivity index (χ1) is 8.97. The van der Waals surface area contributed by atoms with E-state index in [1.807, 2.05) is 0 Å². The van der Waals surface area contributed by atoms with E-state index >= 15 is 0 Å². The molecule has 0 spiro atoms. The number of alkyl halides is 2. The summed E-state index contributed by atoms with van der Waals surface area (Å²) in [6.45, 7) is 5.79. The van der Waals surface area contributed by atoms with Gasteiger partial charge in [-0.1, -0.05) is 25.1 Å². The Labute approximate surface area is 120 Å². The molecule has 1 unspecified atom stereocenters. The monoisotopic (exact) mass is 307 g/mol. The molecule has 0 aliphatic carbocycles. The Morgan fingerprint density at radius 2 is 1.85 bits per heavy atom. The minimum absolute atomic E-state index is 0.197. The van der Waals surface area contributed by atoms with E-state index in [0.29, 0.717) is 13.3 Å². The van der Waals surface area contributed by atoms with Gasteiger partial charge in [-0.25, -0.2) is 17.4 Å². The van der Waals surface area contributed by atoms with Crippen LogP contribution in [-0.4, -0.2) is 8.96 Å². The Morgan fingerprint density at radius 1 is 1.30 bits per heavy atom. The summed E-state index contributed by atoms with van der Waals surface area (Å²) in [5.74, 6) is -4.49. The molecular weight excluding hydrogens is 287 g/mol. The normalized spacial score (nSPS) is 16.0. The van der Waals surface area contributed by atoms with Gasteiger partial charge in [0, 0.05) is 6.92 Å². The first kappa shape index (κ1) is 17.2. The van der Waals surface area contributed by atoms with Crippen LogP contribution in [0.3, 0.4) is 0 Å². The third-order valence-corrected chi connectivity index (χ3v) is 4.63. The van der Waals surface area contributed by atoms with E-state index in [1.165, 1.54) is 12.1 Å². The van der Waals surface area contributed by atoms with E-state index in [-0.39, 0.29) is 11.5 Å². The molecule has 2 nitrogen and oxygen atoms in total. The van der Waals surface area contributed by atoms with Crippen molar-refractivity contribution in [2.75, 3.05) is 0 Å². The van der Waals surface area contributed by atoms with Crippen molar-refractivity contribution in [3.63, 3.8) is 0 Å². The molecule has 0 saturated heterocycles. The second-order valence-electron chi connectivity index (χ2n) is 5.76. The number of nitrogens with two attached hydrogens (primary N) is 1. The minimum atomic E-state index is -3.23. The summed E-state index contributed by atoms with van der Waals surface area (Å²) in [6, 6.07) is 3.97. The van der Waals surface area contributed by atoms with Gasteiger partial charge in [0.25, 0.3) is 5.92 Å². The number of benzene rings is 1. The van der Waals surface area contributed by atoms with Crippen LogP contribution < -0.4 is 5.14 Å². The highest BCUT2D eigenvalue weighted by molar-refractivity contribution is 7.84. The Morgan fingerprint density at radius 3 is 2.30 bits per heavy atom. The van der Waals surface area contributed by atoms with Gasteiger partial charge in [-0.05, 0) is 31.7 Å². The van der Waals surface area contributed by atoms with Crippen molar-refractivity contribution < 1.29 is 17.4 Å². The Hall–Kier alpha value is -0.880. The van der Waals surface area contributed by atoms with Gasteiger partial charge in [0.15, 0.2) is 0 Å². The fourth-order valence-corrected chi connectivity index (χ4v) is 2.61. The van der Waals surface area contributed by atoms with Gasteiger partial charge in [-0.3, -0.25) is 5.14 Å². The third kappa shape index (κ3) is 3.82. The Balaban J connectivity index is 3.12. The topological polar surface area (TPSA) is 43.1 Å². The molecule has 0 bridgehead atoms. The lowest BCUT2D eigenvalue weighted by atomic mass is 9.89. The smallest absolute Gasteiger partial charge is 0.251 e. The van der Waals surface area contributed by atoms with E-state index in [0.717, 1.165) is 6.07 Å². The molecule has 2 atom stereocenters. The fourth-order valence-electron chi connectivity index (χ4n) is 2.20. The van der Waals surface area contributed by atoms with Crippen LogP contribution in [0.1, 0.15) is 51.2 Å². The van der Waals surface area contributed by atoms with Gasteiger partial charge >= 0.3 is 0 Å². The van der Waals surface area contributed by atoms with E-state index < -0.39 is 33.0 Å². The van der Waals surface area contributed by atoms with Gasteiger partial charge in [0.2, 0.25) is 0 Å². The van der Waals surface area contributed by atoms with Crippen LogP contribution >= 0.6 is 0 Å². The molecule has 0 heterocycles. The molecule has 2 N–H and O–H groups in total. The molecule has 0 saturated carbocycles. The molecular formula is C14H20F3NOS. The average Bonchev–Trinajstić information content (AvgIpc) is 2.26. The fraction of sp³-hybridized carbons (Fsp3) is 0.571. The number of hydrogen-bond donors (Lipinski definition) is 1. The average molecular weight is 307 g/mol. The lowest BCUT2D eigenvalue weighted by Crippen LogP contribution is -2.33. The maximum atomic E-state index is 14.2. The highest BCUT2D eigenvalue weighted by Gasteiger charge is 2.32. The highest BCUT2D eigenvalue weighted by Crippen LogP contribution is 2.35. The summed E-state index contributed by atoms with van der Waals surface area (Å²) in [5.41, 5.74) is -0.420. The van der Waals surface area contributed by atoms with Gasteiger partial charge < -0.3 is 0 Å². The number of rotatable bonds is 5. The van der Waals surface area contributed by atoms with Crippen LogP contribution in [-0.2, 0) is 16.9 Å². The zero-order chi connectivity index (χ0) is 15.7. The van der Waals surface area contributed by atoms with Crippen LogP contribution in [0.5, 0.6) is 0 Å². The largest absolute Gasteiger partial charge is 0.273 e. The van der Waals surface area contributed by atoms with Crippen LogP contribution in [0.25, 0.3) is 0 Å². The van der Waals surface area contributed by atoms with Crippen molar-refractivity contribution in [1.82, 2.24) is 0 Å². The Kier molecular flexibility index (Phi) is 5.03. The summed E-state index contributed by atoms with van der Waals surface area (Å²) in [4.78, 5) is 0. The highest BCUT2D eigenvalue weighted by atomic mass is 32.2. The lowest BCUT2D eigenvalue weighted by Gasteiger charge is -2.26. The van der Waals surface area contributed by atoms with Crippen molar-refractivity contribution in [3.05, 3.63) is 35.1 Å². The molecule has 0 amide bonds. The quantitative estimate of drug-likeness (QED) is 0.882. The standard InChI is InChI=1S/C14H20F3NOS/c1-9(8-13(2,3)20(18)19)10-6-5-7-11(12(10)15)14(4,16)17/h5-7,9H,8,18H2,1-4H3/t9-,20?/m1/s1. The first-order valence-electron chi connectivity index (χ1n) is 6.30. The molecule has 0 fully saturated rings. The molecule has 114 valence electrons. The summed E-state index contributed by atoms with van der Waals surface area (Å²) < 4.78 is 51.5. The molecule has 1 aromatic carbocycles. The number of halogens is 3. The molecule has 0 aliphatic rings. The zero-order valence-electron chi connectivity index (χ0n) is 12.0. The zero-order valence-corrected chi connectivity index (χ0v) is 12.9. The predicted octanol–water partition coefficient (Wildman–Crippen LogP) is 3.83. The molecule has 20 heavy (non-hydrogen) atoms. The maximum Gasteiger partial charge on any atom is 0.273 e. The lowest BCUT2D eigenvalue weighted by molar-refractivity contribution is 0.0135. The minimum Gasteiger partial charge on any atom is -0.251 e. The van der Waals surface area contributed by atoms with Crippen molar-refractivity contribution in [3.8, 4) is 0 Å². The summed E-state index contributed by atoms with van der Waals surface area (Å²) >= 11 is 0. The molecule has 1 rings (SSSR count). The van der Waals surface area contributed by atoms with E-state index in [4.69, 9.17) is 5.14 Å². The molecule has 1 aromatic rings. The molecule has 0 radical (unpaired) electrons. The molecule has 0 aliphatic heterocycles. The van der Waals surface area contributed by atoms with E-state index in [9.17, 15) is 17.4 Å². The van der Waals surface area contributed by atoms with Crippen molar-refractivity contribution in [2.45, 2.75) is 50.7 Å². The van der Waals surface area contributed by atoms with Crippen molar-refractivity contribution in [2.24, 2.45) is 5.14 Å². The van der Waals surface area contributed by atoms with Crippen molar-refractivity contribution in [1.29, 1.82) is 0 Å². The van der Waals surface area contributed by atoms with Crippen LogP contribution in [0.2, 0.25) is 0 Å². The second kappa shape index (κ2) is 5.85. The van der Waals surface area contributed by atoms with E-state index in [2.05, 4.69) is 0 Å². The van der Waals surface area contributed by atoms with Gasteiger partial charge in [-0.2, -0.15) is 0 Å². The first-order valence-corrected chi connectivity index (χ1v) is 7.51.